The SMILES string of the molecule is CN(c1ccc2c(c1)OCO2)c1cc(C#N)ccc1N. The number of ether oxygens (including phenoxy) is 2. The number of nitriles is 1. The van der Waals surface area contributed by atoms with E-state index in [9.17, 15) is 0 Å². The minimum Gasteiger partial charge on any atom is -0.454 e. The molecule has 3 rings (SSSR count). The highest BCUT2D eigenvalue weighted by Crippen LogP contribution is 2.38. The van der Waals surface area contributed by atoms with Crippen molar-refractivity contribution in [2.24, 2.45) is 0 Å². The quantitative estimate of drug-likeness (QED) is 0.847. The number of hydrogen-bond acceptors (Lipinski definition) is 5. The molecule has 0 spiro atoms. The van der Waals surface area contributed by atoms with Gasteiger partial charge in [0.2, 0.25) is 6.79 Å². The van der Waals surface area contributed by atoms with Gasteiger partial charge in [-0.25, -0.2) is 0 Å². The van der Waals surface area contributed by atoms with E-state index in [1.54, 1.807) is 18.2 Å². The van der Waals surface area contributed by atoms with Crippen molar-refractivity contribution in [1.29, 1.82) is 5.26 Å². The topological polar surface area (TPSA) is 71.5 Å². The van der Waals surface area contributed by atoms with Gasteiger partial charge in [-0.2, -0.15) is 5.26 Å². The molecule has 0 aromatic heterocycles. The van der Waals surface area contributed by atoms with E-state index in [1.807, 2.05) is 30.1 Å². The first-order valence-electron chi connectivity index (χ1n) is 6.12. The summed E-state index contributed by atoms with van der Waals surface area (Å²) in [5, 5.41) is 8.99. The number of hydrogen-bond donors (Lipinski definition) is 1. The molecule has 0 radical (unpaired) electrons. The van der Waals surface area contributed by atoms with Crippen molar-refractivity contribution in [2.45, 2.75) is 0 Å². The van der Waals surface area contributed by atoms with Crippen molar-refractivity contribution in [1.82, 2.24) is 0 Å². The van der Waals surface area contributed by atoms with Gasteiger partial charge in [0.15, 0.2) is 11.5 Å². The van der Waals surface area contributed by atoms with Crippen molar-refractivity contribution < 1.29 is 9.47 Å². The van der Waals surface area contributed by atoms with Gasteiger partial charge in [0, 0.05) is 18.8 Å². The second-order valence-corrected chi connectivity index (χ2v) is 4.48. The first-order valence-corrected chi connectivity index (χ1v) is 6.12. The van der Waals surface area contributed by atoms with Crippen LogP contribution in [0.1, 0.15) is 5.56 Å². The Labute approximate surface area is 116 Å². The lowest BCUT2D eigenvalue weighted by molar-refractivity contribution is 0.174. The Bertz CT molecular complexity index is 707. The van der Waals surface area contributed by atoms with Gasteiger partial charge in [-0.1, -0.05) is 0 Å². The molecule has 2 aromatic rings. The fraction of sp³-hybridized carbons (Fsp3) is 0.133. The van der Waals surface area contributed by atoms with E-state index in [2.05, 4.69) is 6.07 Å². The summed E-state index contributed by atoms with van der Waals surface area (Å²) < 4.78 is 10.7. The summed E-state index contributed by atoms with van der Waals surface area (Å²) in [6.45, 7) is 0.245. The van der Waals surface area contributed by atoms with Gasteiger partial charge < -0.3 is 20.1 Å². The molecule has 1 heterocycles. The zero-order valence-electron chi connectivity index (χ0n) is 11.0. The summed E-state index contributed by atoms with van der Waals surface area (Å²) in [5.41, 5.74) is 8.87. The second-order valence-electron chi connectivity index (χ2n) is 4.48. The number of fused-ring (bicyclic) bond motifs is 1. The van der Waals surface area contributed by atoms with Crippen LogP contribution in [0.4, 0.5) is 17.1 Å². The van der Waals surface area contributed by atoms with Crippen LogP contribution in [0.15, 0.2) is 36.4 Å². The van der Waals surface area contributed by atoms with E-state index in [0.717, 1.165) is 17.1 Å². The average Bonchev–Trinajstić information content (AvgIpc) is 2.94. The van der Waals surface area contributed by atoms with E-state index >= 15 is 0 Å². The van der Waals surface area contributed by atoms with Gasteiger partial charge in [0.25, 0.3) is 0 Å². The maximum Gasteiger partial charge on any atom is 0.231 e. The zero-order chi connectivity index (χ0) is 14.1. The molecule has 0 bridgehead atoms. The third-order valence-corrected chi connectivity index (χ3v) is 3.26. The van der Waals surface area contributed by atoms with Crippen molar-refractivity contribution in [3.8, 4) is 17.6 Å². The number of nitrogen functional groups attached to an aromatic ring is 1. The molecular formula is C15H13N3O2. The summed E-state index contributed by atoms with van der Waals surface area (Å²) >= 11 is 0. The monoisotopic (exact) mass is 267 g/mol. The van der Waals surface area contributed by atoms with Crippen LogP contribution in [0.5, 0.6) is 11.5 Å². The first kappa shape index (κ1) is 12.2. The minimum absolute atomic E-state index is 0.245. The highest BCUT2D eigenvalue weighted by molar-refractivity contribution is 5.76. The number of benzene rings is 2. The Hall–Kier alpha value is -2.87. The van der Waals surface area contributed by atoms with Crippen LogP contribution in [-0.4, -0.2) is 13.8 Å². The molecule has 100 valence electrons. The van der Waals surface area contributed by atoms with Crippen LogP contribution in [0.3, 0.4) is 0 Å². The fourth-order valence-corrected chi connectivity index (χ4v) is 2.14. The highest BCUT2D eigenvalue weighted by atomic mass is 16.7. The number of nitrogens with zero attached hydrogens (tertiary/aromatic N) is 2. The van der Waals surface area contributed by atoms with Crippen LogP contribution >= 0.6 is 0 Å². The van der Waals surface area contributed by atoms with Crippen LogP contribution in [0, 0.1) is 11.3 Å². The molecule has 5 nitrogen and oxygen atoms in total. The van der Waals surface area contributed by atoms with Gasteiger partial charge in [0.1, 0.15) is 0 Å². The van der Waals surface area contributed by atoms with Gasteiger partial charge in [0.05, 0.1) is 23.0 Å². The molecule has 0 aliphatic carbocycles. The Balaban J connectivity index is 2.00. The highest BCUT2D eigenvalue weighted by Gasteiger charge is 2.16. The van der Waals surface area contributed by atoms with E-state index < -0.39 is 0 Å². The standard InChI is InChI=1S/C15H13N3O2/c1-18(13-6-10(8-16)2-4-12(13)17)11-3-5-14-15(7-11)20-9-19-14/h2-7H,9,17H2,1H3. The van der Waals surface area contributed by atoms with Crippen LogP contribution in [0.25, 0.3) is 0 Å². The molecule has 0 saturated carbocycles. The largest absolute Gasteiger partial charge is 0.454 e. The number of anilines is 3. The van der Waals surface area contributed by atoms with Gasteiger partial charge >= 0.3 is 0 Å². The molecule has 20 heavy (non-hydrogen) atoms. The van der Waals surface area contributed by atoms with Gasteiger partial charge in [-0.05, 0) is 30.3 Å². The van der Waals surface area contributed by atoms with Crippen molar-refractivity contribution >= 4 is 17.1 Å². The molecule has 0 fully saturated rings. The van der Waals surface area contributed by atoms with Crippen molar-refractivity contribution in [3.05, 3.63) is 42.0 Å². The van der Waals surface area contributed by atoms with Crippen LogP contribution < -0.4 is 20.1 Å². The predicted molar refractivity (Wildman–Crippen MR) is 76.2 cm³/mol. The lowest BCUT2D eigenvalue weighted by Crippen LogP contribution is -2.11. The van der Waals surface area contributed by atoms with E-state index in [-0.39, 0.29) is 6.79 Å². The minimum atomic E-state index is 0.245. The van der Waals surface area contributed by atoms with Gasteiger partial charge in [-0.3, -0.25) is 0 Å². The lowest BCUT2D eigenvalue weighted by atomic mass is 10.1. The number of nitrogens with two attached hydrogens (primary N) is 1. The van der Waals surface area contributed by atoms with E-state index in [1.165, 1.54) is 0 Å². The summed E-state index contributed by atoms with van der Waals surface area (Å²) in [4.78, 5) is 1.91. The predicted octanol–water partition coefficient (Wildman–Crippen LogP) is 2.64. The molecule has 5 heteroatoms. The molecule has 1 aliphatic rings. The summed E-state index contributed by atoms with van der Waals surface area (Å²) in [6, 6.07) is 13.0. The van der Waals surface area contributed by atoms with E-state index in [4.69, 9.17) is 20.5 Å². The molecule has 1 aliphatic heterocycles. The molecule has 0 saturated heterocycles. The van der Waals surface area contributed by atoms with Crippen LogP contribution in [0.2, 0.25) is 0 Å². The Morgan fingerprint density at radius 1 is 1.15 bits per heavy atom. The smallest absolute Gasteiger partial charge is 0.231 e. The summed E-state index contributed by atoms with van der Waals surface area (Å²) in [7, 11) is 1.89. The third-order valence-electron chi connectivity index (χ3n) is 3.26. The first-order chi connectivity index (χ1) is 9.69. The summed E-state index contributed by atoms with van der Waals surface area (Å²) in [5.74, 6) is 1.45. The lowest BCUT2D eigenvalue weighted by Gasteiger charge is -2.21. The molecule has 0 atom stereocenters. The Morgan fingerprint density at radius 2 is 1.95 bits per heavy atom. The fourth-order valence-electron chi connectivity index (χ4n) is 2.14. The molecule has 0 unspecified atom stereocenters. The Kier molecular flexibility index (Phi) is 2.84. The molecule has 2 N–H and O–H groups in total. The summed E-state index contributed by atoms with van der Waals surface area (Å²) in [6.07, 6.45) is 0. The van der Waals surface area contributed by atoms with E-state index in [0.29, 0.717) is 17.0 Å². The maximum absolute atomic E-state index is 8.99. The molecule has 2 aromatic carbocycles. The normalized spacial score (nSPS) is 12.0. The molecule has 0 amide bonds. The second kappa shape index (κ2) is 4.67. The third kappa shape index (κ3) is 1.97. The molecular weight excluding hydrogens is 254 g/mol. The van der Waals surface area contributed by atoms with Crippen molar-refractivity contribution in [2.75, 3.05) is 24.5 Å². The number of rotatable bonds is 2. The maximum atomic E-state index is 8.99. The van der Waals surface area contributed by atoms with Crippen LogP contribution in [-0.2, 0) is 0 Å². The van der Waals surface area contributed by atoms with Crippen molar-refractivity contribution in [3.63, 3.8) is 0 Å². The zero-order valence-corrected chi connectivity index (χ0v) is 11.0. The van der Waals surface area contributed by atoms with Gasteiger partial charge in [-0.15, -0.1) is 0 Å². The average molecular weight is 267 g/mol. The Morgan fingerprint density at radius 3 is 2.75 bits per heavy atom.